The monoisotopic (exact) mass is 275 g/mol. The van der Waals surface area contributed by atoms with Crippen molar-refractivity contribution in [3.05, 3.63) is 42.6 Å². The molecule has 0 fully saturated rings. The number of aromatic nitrogens is 1. The smallest absolute Gasteiger partial charge is 0.303 e. The number of carbonyl (C=O) groups is 2. The Hall–Kier alpha value is -2.43. The van der Waals surface area contributed by atoms with Gasteiger partial charge in [-0.3, -0.25) is 14.6 Å². The average Bonchev–Trinajstić information content (AvgIpc) is 2.44. The highest BCUT2D eigenvalue weighted by molar-refractivity contribution is 5.77. The number of fused-ring (bicyclic) bond motifs is 1. The molecule has 0 unspecified atom stereocenters. The maximum atomic E-state index is 9.90. The van der Waals surface area contributed by atoms with E-state index in [-0.39, 0.29) is 12.8 Å². The van der Waals surface area contributed by atoms with Gasteiger partial charge in [-0.2, -0.15) is 0 Å². The van der Waals surface area contributed by atoms with Crippen LogP contribution in [0.25, 0.3) is 10.9 Å². The molecule has 0 bridgehead atoms. The van der Waals surface area contributed by atoms with Crippen LogP contribution in [0.3, 0.4) is 0 Å². The normalized spacial score (nSPS) is 9.60. The van der Waals surface area contributed by atoms with Crippen molar-refractivity contribution in [3.63, 3.8) is 0 Å². The summed E-state index contributed by atoms with van der Waals surface area (Å²) < 4.78 is 0. The van der Waals surface area contributed by atoms with Crippen molar-refractivity contribution in [1.82, 2.24) is 4.98 Å². The van der Waals surface area contributed by atoms with Gasteiger partial charge in [0.15, 0.2) is 0 Å². The van der Waals surface area contributed by atoms with E-state index in [0.717, 1.165) is 5.52 Å². The van der Waals surface area contributed by atoms with Gasteiger partial charge < -0.3 is 10.2 Å². The van der Waals surface area contributed by atoms with Gasteiger partial charge in [-0.25, -0.2) is 0 Å². The van der Waals surface area contributed by atoms with Gasteiger partial charge in [-0.15, -0.1) is 0 Å². The number of hydrogen-bond donors (Lipinski definition) is 2. The molecule has 0 aliphatic carbocycles. The molecule has 0 spiro atoms. The molecule has 0 aliphatic heterocycles. The number of hydrogen-bond acceptors (Lipinski definition) is 3. The van der Waals surface area contributed by atoms with E-state index in [9.17, 15) is 9.59 Å². The summed E-state index contributed by atoms with van der Waals surface area (Å²) in [6.45, 7) is 0. The third kappa shape index (κ3) is 6.49. The lowest BCUT2D eigenvalue weighted by atomic mass is 10.2. The minimum Gasteiger partial charge on any atom is -0.481 e. The fourth-order valence-electron chi connectivity index (χ4n) is 1.57. The van der Waals surface area contributed by atoms with Gasteiger partial charge in [0.25, 0.3) is 0 Å². The summed E-state index contributed by atoms with van der Waals surface area (Å²) in [5.74, 6) is -1.74. The standard InChI is InChI=1S/C9H7N.C6H10O4/c1-2-6-9-8(4-1)5-3-7-10-9;7-5(8)3-1-2-4-6(9)10/h1-7H;1-4H2,(H,7,8)(H,9,10). The van der Waals surface area contributed by atoms with Crippen LogP contribution in [0, 0.1) is 0 Å². The van der Waals surface area contributed by atoms with Gasteiger partial charge >= 0.3 is 11.9 Å². The predicted octanol–water partition coefficient (Wildman–Crippen LogP) is 2.95. The molecular formula is C15H17NO4. The third-order valence-electron chi connectivity index (χ3n) is 2.54. The zero-order chi connectivity index (χ0) is 14.8. The van der Waals surface area contributed by atoms with Crippen molar-refractivity contribution in [2.75, 3.05) is 0 Å². The maximum absolute atomic E-state index is 9.90. The largest absolute Gasteiger partial charge is 0.481 e. The molecule has 0 radical (unpaired) electrons. The third-order valence-corrected chi connectivity index (χ3v) is 2.54. The van der Waals surface area contributed by atoms with E-state index in [0.29, 0.717) is 12.8 Å². The SMILES string of the molecule is O=C(O)CCCCC(=O)O.c1ccc2ncccc2c1. The summed E-state index contributed by atoms with van der Waals surface area (Å²) in [7, 11) is 0. The Morgan fingerprint density at radius 1 is 0.900 bits per heavy atom. The fourth-order valence-corrected chi connectivity index (χ4v) is 1.57. The van der Waals surface area contributed by atoms with Crippen molar-refractivity contribution in [1.29, 1.82) is 0 Å². The number of carboxylic acid groups (broad SMARTS) is 2. The summed E-state index contributed by atoms with van der Waals surface area (Å²) >= 11 is 0. The van der Waals surface area contributed by atoms with Gasteiger partial charge in [0.1, 0.15) is 0 Å². The van der Waals surface area contributed by atoms with Crippen LogP contribution in [0.4, 0.5) is 0 Å². The number of pyridine rings is 1. The minimum atomic E-state index is -0.870. The fraction of sp³-hybridized carbons (Fsp3) is 0.267. The van der Waals surface area contributed by atoms with Crippen molar-refractivity contribution in [3.8, 4) is 0 Å². The van der Waals surface area contributed by atoms with E-state index in [2.05, 4.69) is 17.1 Å². The molecule has 2 rings (SSSR count). The van der Waals surface area contributed by atoms with E-state index >= 15 is 0 Å². The molecule has 20 heavy (non-hydrogen) atoms. The van der Waals surface area contributed by atoms with E-state index in [1.165, 1.54) is 5.39 Å². The van der Waals surface area contributed by atoms with Crippen molar-refractivity contribution < 1.29 is 19.8 Å². The van der Waals surface area contributed by atoms with Gasteiger partial charge in [0.05, 0.1) is 5.52 Å². The summed E-state index contributed by atoms with van der Waals surface area (Å²) in [4.78, 5) is 24.0. The zero-order valence-electron chi connectivity index (χ0n) is 11.0. The first-order valence-corrected chi connectivity index (χ1v) is 6.33. The van der Waals surface area contributed by atoms with Gasteiger partial charge in [0, 0.05) is 24.4 Å². The Balaban J connectivity index is 0.000000200. The molecule has 0 amide bonds. The summed E-state index contributed by atoms with van der Waals surface area (Å²) in [5.41, 5.74) is 1.06. The second kappa shape index (κ2) is 8.63. The van der Waals surface area contributed by atoms with Gasteiger partial charge in [-0.05, 0) is 25.0 Å². The maximum Gasteiger partial charge on any atom is 0.303 e. The highest BCUT2D eigenvalue weighted by Crippen LogP contribution is 2.07. The van der Waals surface area contributed by atoms with Crippen LogP contribution in [0.1, 0.15) is 25.7 Å². The van der Waals surface area contributed by atoms with Crippen LogP contribution in [-0.4, -0.2) is 27.1 Å². The molecule has 1 heterocycles. The average molecular weight is 275 g/mol. The topological polar surface area (TPSA) is 87.5 Å². The Bertz CT molecular complexity index is 487. The Morgan fingerprint density at radius 3 is 2.00 bits per heavy atom. The quantitative estimate of drug-likeness (QED) is 0.819. The van der Waals surface area contributed by atoms with E-state index < -0.39 is 11.9 Å². The van der Waals surface area contributed by atoms with Crippen molar-refractivity contribution in [2.45, 2.75) is 25.7 Å². The first-order chi connectivity index (χ1) is 9.59. The molecule has 1 aromatic carbocycles. The molecule has 5 heteroatoms. The van der Waals surface area contributed by atoms with Crippen LogP contribution in [0.2, 0.25) is 0 Å². The molecule has 106 valence electrons. The summed E-state index contributed by atoms with van der Waals surface area (Å²) in [6, 6.07) is 12.1. The number of nitrogens with zero attached hydrogens (tertiary/aromatic N) is 1. The predicted molar refractivity (Wildman–Crippen MR) is 75.5 cm³/mol. The minimum absolute atomic E-state index is 0.0628. The highest BCUT2D eigenvalue weighted by Gasteiger charge is 1.99. The summed E-state index contributed by atoms with van der Waals surface area (Å²) in [6.07, 6.45) is 2.83. The van der Waals surface area contributed by atoms with Crippen molar-refractivity contribution in [2.24, 2.45) is 0 Å². The molecular weight excluding hydrogens is 258 g/mol. The highest BCUT2D eigenvalue weighted by atomic mass is 16.4. The van der Waals surface area contributed by atoms with Gasteiger partial charge in [0.2, 0.25) is 0 Å². The van der Waals surface area contributed by atoms with E-state index in [1.807, 2.05) is 30.5 Å². The second-order valence-corrected chi connectivity index (χ2v) is 4.19. The molecule has 1 aromatic heterocycles. The summed E-state index contributed by atoms with van der Waals surface area (Å²) in [5, 5.41) is 17.5. The lowest BCUT2D eigenvalue weighted by Crippen LogP contribution is -1.97. The number of rotatable bonds is 5. The molecule has 0 saturated carbocycles. The van der Waals surface area contributed by atoms with Crippen LogP contribution in [0.5, 0.6) is 0 Å². The lowest BCUT2D eigenvalue weighted by Gasteiger charge is -1.92. The number of carboxylic acids is 2. The molecule has 2 N–H and O–H groups in total. The Morgan fingerprint density at radius 2 is 1.45 bits per heavy atom. The van der Waals surface area contributed by atoms with E-state index in [4.69, 9.17) is 10.2 Å². The van der Waals surface area contributed by atoms with E-state index in [1.54, 1.807) is 0 Å². The first-order valence-electron chi connectivity index (χ1n) is 6.33. The van der Waals surface area contributed by atoms with Gasteiger partial charge in [-0.1, -0.05) is 24.3 Å². The molecule has 0 aliphatic rings. The Labute approximate surface area is 116 Å². The second-order valence-electron chi connectivity index (χ2n) is 4.19. The number of benzene rings is 1. The lowest BCUT2D eigenvalue weighted by molar-refractivity contribution is -0.139. The molecule has 0 atom stereocenters. The van der Waals surface area contributed by atoms with Crippen LogP contribution in [0.15, 0.2) is 42.6 Å². The molecule has 2 aromatic rings. The number of aliphatic carboxylic acids is 2. The number of para-hydroxylation sites is 1. The Kier molecular flexibility index (Phi) is 6.75. The first kappa shape index (κ1) is 15.6. The van der Waals surface area contributed by atoms with Crippen molar-refractivity contribution >= 4 is 22.8 Å². The van der Waals surface area contributed by atoms with Crippen LogP contribution >= 0.6 is 0 Å². The molecule has 5 nitrogen and oxygen atoms in total. The van der Waals surface area contributed by atoms with Crippen LogP contribution in [-0.2, 0) is 9.59 Å². The zero-order valence-corrected chi connectivity index (χ0v) is 11.0. The number of unbranched alkanes of at least 4 members (excludes halogenated alkanes) is 1. The molecule has 0 saturated heterocycles. The van der Waals surface area contributed by atoms with Crippen LogP contribution < -0.4 is 0 Å².